The van der Waals surface area contributed by atoms with Crippen LogP contribution in [0, 0.1) is 11.8 Å². The van der Waals surface area contributed by atoms with E-state index in [4.69, 9.17) is 5.11 Å². The van der Waals surface area contributed by atoms with Crippen molar-refractivity contribution in [3.8, 4) is 0 Å². The number of nitrogens with one attached hydrogen (secondary N) is 1. The van der Waals surface area contributed by atoms with Gasteiger partial charge in [-0.3, -0.25) is 4.79 Å². The number of nitrogens with zero attached hydrogens (tertiary/aromatic N) is 1. The van der Waals surface area contributed by atoms with Gasteiger partial charge in [0.05, 0.1) is 5.92 Å². The van der Waals surface area contributed by atoms with Crippen molar-refractivity contribution >= 4 is 5.97 Å². The lowest BCUT2D eigenvalue weighted by atomic mass is 9.91. The third kappa shape index (κ3) is 3.18. The highest BCUT2D eigenvalue weighted by Gasteiger charge is 2.33. The average molecular weight is 214 g/mol. The lowest BCUT2D eigenvalue weighted by Gasteiger charge is -2.22. The smallest absolute Gasteiger partial charge is 0.308 e. The Morgan fingerprint density at radius 3 is 2.67 bits per heavy atom. The van der Waals surface area contributed by atoms with E-state index in [-0.39, 0.29) is 5.92 Å². The zero-order valence-corrected chi connectivity index (χ0v) is 9.86. The second-order valence-corrected chi connectivity index (χ2v) is 4.64. The molecular formula is C11H22N2O2. The SMILES string of the molecule is CNCC(C(=O)O)C1CCN(C(C)C)C1. The van der Waals surface area contributed by atoms with Gasteiger partial charge in [-0.05, 0) is 39.8 Å². The van der Waals surface area contributed by atoms with Crippen LogP contribution in [0.15, 0.2) is 0 Å². The molecule has 1 fully saturated rings. The highest BCUT2D eigenvalue weighted by molar-refractivity contribution is 5.70. The molecule has 1 heterocycles. The summed E-state index contributed by atoms with van der Waals surface area (Å²) in [5, 5.41) is 12.1. The van der Waals surface area contributed by atoms with Crippen LogP contribution in [0.25, 0.3) is 0 Å². The molecule has 1 rings (SSSR count). The van der Waals surface area contributed by atoms with Gasteiger partial charge in [-0.2, -0.15) is 0 Å². The first-order valence-corrected chi connectivity index (χ1v) is 5.67. The van der Waals surface area contributed by atoms with Gasteiger partial charge in [-0.15, -0.1) is 0 Å². The first-order chi connectivity index (χ1) is 7.06. The Morgan fingerprint density at radius 1 is 1.60 bits per heavy atom. The third-order valence-electron chi connectivity index (χ3n) is 3.30. The van der Waals surface area contributed by atoms with Crippen molar-refractivity contribution in [2.24, 2.45) is 11.8 Å². The molecule has 0 bridgehead atoms. The van der Waals surface area contributed by atoms with Gasteiger partial charge in [0, 0.05) is 19.1 Å². The van der Waals surface area contributed by atoms with E-state index in [9.17, 15) is 4.79 Å². The summed E-state index contributed by atoms with van der Waals surface area (Å²) in [6, 6.07) is 0.527. The van der Waals surface area contributed by atoms with E-state index in [0.29, 0.717) is 18.5 Å². The Bertz CT molecular complexity index is 219. The number of likely N-dealkylation sites (tertiary alicyclic amines) is 1. The van der Waals surface area contributed by atoms with Crippen molar-refractivity contribution in [3.63, 3.8) is 0 Å². The molecule has 2 unspecified atom stereocenters. The zero-order chi connectivity index (χ0) is 11.4. The Kier molecular flexibility index (Phi) is 4.54. The van der Waals surface area contributed by atoms with Crippen molar-refractivity contribution in [2.75, 3.05) is 26.7 Å². The first kappa shape index (κ1) is 12.5. The molecule has 0 aliphatic carbocycles. The molecule has 0 aromatic rings. The van der Waals surface area contributed by atoms with Gasteiger partial charge in [0.2, 0.25) is 0 Å². The number of hydrogen-bond acceptors (Lipinski definition) is 3. The van der Waals surface area contributed by atoms with Gasteiger partial charge in [0.25, 0.3) is 0 Å². The molecule has 0 aromatic carbocycles. The fourth-order valence-electron chi connectivity index (χ4n) is 2.29. The van der Waals surface area contributed by atoms with Crippen molar-refractivity contribution in [1.82, 2.24) is 10.2 Å². The Hall–Kier alpha value is -0.610. The second-order valence-electron chi connectivity index (χ2n) is 4.64. The fraction of sp³-hybridized carbons (Fsp3) is 0.909. The van der Waals surface area contributed by atoms with Gasteiger partial charge in [0.15, 0.2) is 0 Å². The number of carboxylic acids is 1. The molecular weight excluding hydrogens is 192 g/mol. The molecule has 1 aliphatic heterocycles. The third-order valence-corrected chi connectivity index (χ3v) is 3.30. The Balaban J connectivity index is 2.52. The van der Waals surface area contributed by atoms with Crippen LogP contribution in [0.1, 0.15) is 20.3 Å². The highest BCUT2D eigenvalue weighted by Crippen LogP contribution is 2.25. The fourth-order valence-corrected chi connectivity index (χ4v) is 2.29. The predicted molar refractivity (Wildman–Crippen MR) is 59.9 cm³/mol. The number of carbonyl (C=O) groups is 1. The summed E-state index contributed by atoms with van der Waals surface area (Å²) < 4.78 is 0. The summed E-state index contributed by atoms with van der Waals surface area (Å²) in [4.78, 5) is 13.5. The van der Waals surface area contributed by atoms with Crippen LogP contribution >= 0.6 is 0 Å². The molecule has 0 saturated carbocycles. The van der Waals surface area contributed by atoms with E-state index >= 15 is 0 Å². The number of hydrogen-bond donors (Lipinski definition) is 2. The molecule has 15 heavy (non-hydrogen) atoms. The maximum atomic E-state index is 11.1. The summed E-state index contributed by atoms with van der Waals surface area (Å²) in [5.41, 5.74) is 0. The number of aliphatic carboxylic acids is 1. The van der Waals surface area contributed by atoms with E-state index < -0.39 is 5.97 Å². The second kappa shape index (κ2) is 5.47. The van der Waals surface area contributed by atoms with Crippen LogP contribution in [0.4, 0.5) is 0 Å². The lowest BCUT2D eigenvalue weighted by Crippen LogP contribution is -2.35. The van der Waals surface area contributed by atoms with Crippen LogP contribution in [0.2, 0.25) is 0 Å². The van der Waals surface area contributed by atoms with E-state index in [2.05, 4.69) is 24.1 Å². The molecule has 2 atom stereocenters. The molecule has 88 valence electrons. The molecule has 4 heteroatoms. The maximum absolute atomic E-state index is 11.1. The van der Waals surface area contributed by atoms with Gasteiger partial charge in [-0.25, -0.2) is 0 Å². The minimum atomic E-state index is -0.667. The van der Waals surface area contributed by atoms with Crippen molar-refractivity contribution in [3.05, 3.63) is 0 Å². The number of carboxylic acid groups (broad SMARTS) is 1. The van der Waals surface area contributed by atoms with E-state index in [1.165, 1.54) is 0 Å². The van der Waals surface area contributed by atoms with E-state index in [1.54, 1.807) is 0 Å². The monoisotopic (exact) mass is 214 g/mol. The molecule has 1 aliphatic rings. The topological polar surface area (TPSA) is 52.6 Å². The summed E-state index contributed by atoms with van der Waals surface area (Å²) in [5.74, 6) is -0.601. The van der Waals surface area contributed by atoms with Crippen LogP contribution in [0.3, 0.4) is 0 Å². The summed E-state index contributed by atoms with van der Waals surface area (Å²) in [6.45, 7) is 6.87. The van der Waals surface area contributed by atoms with E-state index in [1.807, 2.05) is 7.05 Å². The molecule has 0 spiro atoms. The Morgan fingerprint density at radius 2 is 2.27 bits per heavy atom. The van der Waals surface area contributed by atoms with Crippen molar-refractivity contribution in [2.45, 2.75) is 26.3 Å². The lowest BCUT2D eigenvalue weighted by molar-refractivity contribution is -0.143. The van der Waals surface area contributed by atoms with Gasteiger partial charge in [-0.1, -0.05) is 0 Å². The minimum Gasteiger partial charge on any atom is -0.481 e. The summed E-state index contributed by atoms with van der Waals surface area (Å²) >= 11 is 0. The standard InChI is InChI=1S/C11H22N2O2/c1-8(2)13-5-4-9(7-13)10(6-12-3)11(14)15/h8-10,12H,4-7H2,1-3H3,(H,14,15). The predicted octanol–water partition coefficient (Wildman–Crippen LogP) is 0.637. The van der Waals surface area contributed by atoms with Gasteiger partial charge < -0.3 is 15.3 Å². The molecule has 4 nitrogen and oxygen atoms in total. The van der Waals surface area contributed by atoms with Crippen LogP contribution in [-0.2, 0) is 4.79 Å². The largest absolute Gasteiger partial charge is 0.481 e. The zero-order valence-electron chi connectivity index (χ0n) is 9.86. The minimum absolute atomic E-state index is 0.237. The molecule has 1 saturated heterocycles. The summed E-state index contributed by atoms with van der Waals surface area (Å²) in [7, 11) is 1.81. The van der Waals surface area contributed by atoms with Crippen LogP contribution in [-0.4, -0.2) is 48.7 Å². The van der Waals surface area contributed by atoms with Crippen LogP contribution in [0.5, 0.6) is 0 Å². The molecule has 2 N–H and O–H groups in total. The van der Waals surface area contributed by atoms with Crippen molar-refractivity contribution < 1.29 is 9.90 Å². The quantitative estimate of drug-likeness (QED) is 0.705. The molecule has 0 aromatic heterocycles. The maximum Gasteiger partial charge on any atom is 0.308 e. The van der Waals surface area contributed by atoms with E-state index in [0.717, 1.165) is 19.5 Å². The molecule has 0 radical (unpaired) electrons. The highest BCUT2D eigenvalue weighted by atomic mass is 16.4. The van der Waals surface area contributed by atoms with Crippen molar-refractivity contribution in [1.29, 1.82) is 0 Å². The van der Waals surface area contributed by atoms with Crippen LogP contribution < -0.4 is 5.32 Å². The normalized spacial score (nSPS) is 24.7. The average Bonchev–Trinajstić information content (AvgIpc) is 2.62. The molecule has 0 amide bonds. The van der Waals surface area contributed by atoms with Gasteiger partial charge in [0.1, 0.15) is 0 Å². The number of rotatable bonds is 5. The first-order valence-electron chi connectivity index (χ1n) is 5.67. The Labute approximate surface area is 91.6 Å². The summed E-state index contributed by atoms with van der Waals surface area (Å²) in [6.07, 6.45) is 1.01. The van der Waals surface area contributed by atoms with Gasteiger partial charge >= 0.3 is 5.97 Å².